The Morgan fingerprint density at radius 1 is 0.793 bits per heavy atom. The molecule has 0 heterocycles. The summed E-state index contributed by atoms with van der Waals surface area (Å²) < 4.78 is 42.1. The fraction of sp³-hybridized carbons (Fsp3) is 0.900. The highest BCUT2D eigenvalue weighted by molar-refractivity contribution is 7.87. The first kappa shape index (κ1) is 30.8. The lowest BCUT2D eigenvalue weighted by atomic mass is 10.1. The van der Waals surface area contributed by atoms with Crippen molar-refractivity contribution in [3.8, 4) is 0 Å². The van der Waals surface area contributed by atoms with Gasteiger partial charge in [0.1, 0.15) is 0 Å². The van der Waals surface area contributed by atoms with E-state index in [1.54, 1.807) is 0 Å². The number of esters is 2. The number of hydrogen-bond donors (Lipinski definition) is 1. The van der Waals surface area contributed by atoms with Gasteiger partial charge in [0, 0.05) is 0 Å². The maximum Gasteiger partial charge on any atom is 0.327 e. The zero-order chi connectivity index (χ0) is 21.6. The first-order valence-electron chi connectivity index (χ1n) is 10.3. The minimum atomic E-state index is -4.74. The molecule has 0 fully saturated rings. The Kier molecular flexibility index (Phi) is 18.4. The zero-order valence-electron chi connectivity index (χ0n) is 17.8. The fourth-order valence-corrected chi connectivity index (χ4v) is 3.29. The average Bonchev–Trinajstić information content (AvgIpc) is 2.57. The van der Waals surface area contributed by atoms with Crippen molar-refractivity contribution in [1.29, 1.82) is 0 Å². The first-order chi connectivity index (χ1) is 13.0. The predicted octanol–water partition coefficient (Wildman–Crippen LogP) is 3.24. The Hall–Kier alpha value is -0.384. The molecular formula is C20H40MgO7S. The molecule has 0 rings (SSSR count). The van der Waals surface area contributed by atoms with Crippen LogP contribution in [0.15, 0.2) is 0 Å². The summed E-state index contributed by atoms with van der Waals surface area (Å²) in [5.74, 6) is -0.715. The van der Waals surface area contributed by atoms with E-state index in [9.17, 15) is 22.6 Å². The summed E-state index contributed by atoms with van der Waals surface area (Å²) in [6.45, 7) is 8.76. The van der Waals surface area contributed by atoms with Crippen LogP contribution in [0.1, 0.15) is 85.5 Å². The smallest absolute Gasteiger partial charge is 0.327 e. The van der Waals surface area contributed by atoms with E-state index in [0.29, 0.717) is 24.7 Å². The van der Waals surface area contributed by atoms with Crippen LogP contribution in [0.4, 0.5) is 0 Å². The van der Waals surface area contributed by atoms with Crippen LogP contribution in [-0.4, -0.2) is 66.4 Å². The van der Waals surface area contributed by atoms with E-state index in [2.05, 4.69) is 27.7 Å². The van der Waals surface area contributed by atoms with E-state index in [0.717, 1.165) is 38.5 Å². The summed E-state index contributed by atoms with van der Waals surface area (Å²) in [6.07, 6.45) is 6.52. The molecule has 9 heteroatoms. The number of rotatable bonds is 16. The van der Waals surface area contributed by atoms with Gasteiger partial charge in [-0.05, 0) is 24.7 Å². The minimum absolute atomic E-state index is 0. The highest BCUT2D eigenvalue weighted by atomic mass is 32.2. The van der Waals surface area contributed by atoms with Crippen LogP contribution >= 0.6 is 0 Å². The normalized spacial score (nSPS) is 12.5. The van der Waals surface area contributed by atoms with E-state index < -0.39 is 33.7 Å². The Labute approximate surface area is 192 Å². The van der Waals surface area contributed by atoms with Crippen molar-refractivity contribution in [1.82, 2.24) is 0 Å². The Balaban J connectivity index is 0. The number of unbranched alkanes of at least 4 members (excludes halogenated alkanes) is 4. The lowest BCUT2D eigenvalue weighted by molar-refractivity contribution is -0.150. The summed E-state index contributed by atoms with van der Waals surface area (Å²) in [7, 11) is -4.74. The van der Waals surface area contributed by atoms with Crippen LogP contribution in [0.2, 0.25) is 0 Å². The van der Waals surface area contributed by atoms with Crippen LogP contribution < -0.4 is 0 Å². The molecule has 0 bridgehead atoms. The van der Waals surface area contributed by atoms with Gasteiger partial charge in [0.2, 0.25) is 0 Å². The van der Waals surface area contributed by atoms with Gasteiger partial charge in [0.05, 0.1) is 19.6 Å². The molecule has 0 radical (unpaired) electrons. The third kappa shape index (κ3) is 18.1. The lowest BCUT2D eigenvalue weighted by Crippen LogP contribution is -2.34. The molecule has 1 unspecified atom stereocenters. The topological polar surface area (TPSA) is 107 Å². The predicted molar refractivity (Wildman–Crippen MR) is 117 cm³/mol. The molecule has 7 nitrogen and oxygen atoms in total. The summed E-state index contributed by atoms with van der Waals surface area (Å²) in [5.41, 5.74) is 0. The maximum absolute atomic E-state index is 12.0. The average molecular weight is 449 g/mol. The highest BCUT2D eigenvalue weighted by Crippen LogP contribution is 2.12. The summed E-state index contributed by atoms with van der Waals surface area (Å²) in [4.78, 5) is 23.8. The highest BCUT2D eigenvalue weighted by Gasteiger charge is 2.35. The van der Waals surface area contributed by atoms with Crippen molar-refractivity contribution in [3.05, 3.63) is 0 Å². The molecule has 0 amide bonds. The SMILES string of the molecule is CC(C)CCCCCOC(=O)CC(C(=O)OCCCCCC(C)C)S(=O)(=O)O.[MgH2]. The van der Waals surface area contributed by atoms with E-state index in [1.807, 2.05) is 0 Å². The molecule has 1 atom stereocenters. The van der Waals surface area contributed by atoms with Crippen LogP contribution in [0, 0.1) is 11.8 Å². The van der Waals surface area contributed by atoms with Gasteiger partial charge in [-0.15, -0.1) is 0 Å². The van der Waals surface area contributed by atoms with Gasteiger partial charge < -0.3 is 9.47 Å². The van der Waals surface area contributed by atoms with E-state index in [4.69, 9.17) is 9.47 Å². The van der Waals surface area contributed by atoms with Crippen LogP contribution in [-0.2, 0) is 29.2 Å². The number of hydrogen-bond acceptors (Lipinski definition) is 6. The van der Waals surface area contributed by atoms with Crippen molar-refractivity contribution < 1.29 is 32.0 Å². The first-order valence-corrected chi connectivity index (χ1v) is 11.8. The van der Waals surface area contributed by atoms with E-state index in [1.165, 1.54) is 0 Å². The van der Waals surface area contributed by atoms with Crippen molar-refractivity contribution in [2.24, 2.45) is 11.8 Å². The van der Waals surface area contributed by atoms with Crippen LogP contribution in [0.5, 0.6) is 0 Å². The molecule has 29 heavy (non-hydrogen) atoms. The quantitative estimate of drug-likeness (QED) is 0.167. The minimum Gasteiger partial charge on any atom is -0.466 e. The molecule has 0 aromatic rings. The Bertz CT molecular complexity index is 547. The lowest BCUT2D eigenvalue weighted by Gasteiger charge is -2.13. The number of carbonyl (C=O) groups is 2. The molecule has 0 saturated carbocycles. The van der Waals surface area contributed by atoms with Crippen molar-refractivity contribution in [3.63, 3.8) is 0 Å². The number of carbonyl (C=O) groups excluding carboxylic acids is 2. The largest absolute Gasteiger partial charge is 0.466 e. The third-order valence-corrected chi connectivity index (χ3v) is 5.41. The number of ether oxygens (including phenoxy) is 2. The van der Waals surface area contributed by atoms with Crippen molar-refractivity contribution in [2.75, 3.05) is 13.2 Å². The van der Waals surface area contributed by atoms with Crippen LogP contribution in [0.25, 0.3) is 0 Å². The molecule has 0 aliphatic heterocycles. The van der Waals surface area contributed by atoms with E-state index in [-0.39, 0.29) is 36.3 Å². The molecule has 0 aromatic heterocycles. The van der Waals surface area contributed by atoms with Gasteiger partial charge in [-0.2, -0.15) is 8.42 Å². The Morgan fingerprint density at radius 2 is 1.24 bits per heavy atom. The van der Waals surface area contributed by atoms with Gasteiger partial charge in [0.25, 0.3) is 10.1 Å². The molecule has 1 N–H and O–H groups in total. The zero-order valence-corrected chi connectivity index (χ0v) is 18.6. The van der Waals surface area contributed by atoms with Crippen molar-refractivity contribution in [2.45, 2.75) is 90.7 Å². The molecular weight excluding hydrogens is 409 g/mol. The Morgan fingerprint density at radius 3 is 1.66 bits per heavy atom. The molecule has 0 aromatic carbocycles. The molecule has 0 aliphatic carbocycles. The van der Waals surface area contributed by atoms with E-state index >= 15 is 0 Å². The fourth-order valence-electron chi connectivity index (χ4n) is 2.64. The van der Waals surface area contributed by atoms with Gasteiger partial charge in [0.15, 0.2) is 5.25 Å². The molecule has 0 aliphatic rings. The second-order valence-corrected chi connectivity index (χ2v) is 9.68. The summed E-state index contributed by atoms with van der Waals surface area (Å²) in [6, 6.07) is 0. The van der Waals surface area contributed by atoms with Gasteiger partial charge >= 0.3 is 35.0 Å². The third-order valence-electron chi connectivity index (χ3n) is 4.33. The molecule has 0 saturated heterocycles. The second-order valence-electron chi connectivity index (χ2n) is 8.08. The standard InChI is InChI=1S/C20H38O7S.Mg.2H/c1-16(2)11-7-5-9-13-26-19(21)15-18(28(23,24)25)20(22)27-14-10-6-8-12-17(3)4;;;/h16-18H,5-15H2,1-4H3,(H,23,24,25);;;. The monoisotopic (exact) mass is 448 g/mol. The van der Waals surface area contributed by atoms with Gasteiger partial charge in [-0.3, -0.25) is 14.1 Å². The molecule has 0 spiro atoms. The summed E-state index contributed by atoms with van der Waals surface area (Å²) in [5, 5.41) is -1.93. The second kappa shape index (κ2) is 17.3. The maximum atomic E-state index is 12.0. The van der Waals surface area contributed by atoms with Gasteiger partial charge in [-0.25, -0.2) is 0 Å². The van der Waals surface area contributed by atoms with Crippen molar-refractivity contribution >= 4 is 45.1 Å². The van der Waals surface area contributed by atoms with Gasteiger partial charge in [-0.1, -0.05) is 66.2 Å². The summed E-state index contributed by atoms with van der Waals surface area (Å²) >= 11 is 0. The molecule has 170 valence electrons. The van der Waals surface area contributed by atoms with Crippen LogP contribution in [0.3, 0.4) is 0 Å².